The van der Waals surface area contributed by atoms with Crippen molar-refractivity contribution in [3.63, 3.8) is 0 Å². The van der Waals surface area contributed by atoms with E-state index in [4.69, 9.17) is 9.05 Å². The lowest BCUT2D eigenvalue weighted by molar-refractivity contribution is -0.116. The first-order chi connectivity index (χ1) is 13.1. The van der Waals surface area contributed by atoms with Gasteiger partial charge in [-0.1, -0.05) is 26.2 Å². The van der Waals surface area contributed by atoms with Crippen molar-refractivity contribution in [2.45, 2.75) is 13.5 Å². The Labute approximate surface area is 162 Å². The third-order valence-corrected chi connectivity index (χ3v) is 4.32. The van der Waals surface area contributed by atoms with E-state index in [0.29, 0.717) is 29.0 Å². The first-order valence-electron chi connectivity index (χ1n) is 8.07. The Morgan fingerprint density at radius 1 is 1.19 bits per heavy atom. The lowest BCUT2D eigenvalue weighted by Crippen LogP contribution is -2.19. The van der Waals surface area contributed by atoms with E-state index in [0.717, 1.165) is 10.0 Å². The summed E-state index contributed by atoms with van der Waals surface area (Å²) in [7, 11) is 0. The molecule has 4 rings (SSSR count). The molecule has 9 heteroatoms. The maximum atomic E-state index is 12.2. The molecule has 0 aliphatic heterocycles. The topological polar surface area (TPSA) is 99.0 Å². The second-order valence-electron chi connectivity index (χ2n) is 5.82. The van der Waals surface area contributed by atoms with Gasteiger partial charge in [0.15, 0.2) is 5.82 Å². The highest BCUT2D eigenvalue weighted by Gasteiger charge is 2.16. The zero-order valence-corrected chi connectivity index (χ0v) is 15.8. The Balaban J connectivity index is 1.52. The largest absolute Gasteiger partial charge is 0.360 e. The molecule has 0 aliphatic rings. The van der Waals surface area contributed by atoms with Crippen molar-refractivity contribution in [3.8, 4) is 23.0 Å². The van der Waals surface area contributed by atoms with Crippen LogP contribution in [0.25, 0.3) is 23.0 Å². The van der Waals surface area contributed by atoms with Crippen LogP contribution < -0.4 is 5.32 Å². The van der Waals surface area contributed by atoms with Gasteiger partial charge < -0.3 is 18.9 Å². The molecule has 0 spiro atoms. The van der Waals surface area contributed by atoms with E-state index in [2.05, 4.69) is 36.5 Å². The molecule has 0 fully saturated rings. The average Bonchev–Trinajstić information content (AvgIpc) is 3.37. The van der Waals surface area contributed by atoms with Gasteiger partial charge in [-0.25, -0.2) is 0 Å². The number of carbonyl (C=O) groups excluding carboxylic acids is 1. The number of hydrogen-bond donors (Lipinski definition) is 1. The summed E-state index contributed by atoms with van der Waals surface area (Å²) in [5.74, 6) is 1.57. The number of benzene rings is 1. The Morgan fingerprint density at radius 2 is 2.00 bits per heavy atom. The fourth-order valence-electron chi connectivity index (χ4n) is 2.55. The second kappa shape index (κ2) is 7.20. The molecule has 0 atom stereocenters. The van der Waals surface area contributed by atoms with Crippen LogP contribution in [0.2, 0.25) is 0 Å². The minimum Gasteiger partial charge on any atom is -0.360 e. The van der Waals surface area contributed by atoms with Crippen LogP contribution in [0.3, 0.4) is 0 Å². The molecule has 1 amide bonds. The van der Waals surface area contributed by atoms with Gasteiger partial charge in [0.25, 0.3) is 5.89 Å². The normalized spacial score (nSPS) is 10.9. The summed E-state index contributed by atoms with van der Waals surface area (Å²) in [6, 6.07) is 12.9. The van der Waals surface area contributed by atoms with Crippen molar-refractivity contribution in [1.82, 2.24) is 19.9 Å². The summed E-state index contributed by atoms with van der Waals surface area (Å²) >= 11 is 3.40. The second-order valence-corrected chi connectivity index (χ2v) is 6.74. The van der Waals surface area contributed by atoms with Crippen LogP contribution in [-0.2, 0) is 11.3 Å². The minimum absolute atomic E-state index is 0.0736. The van der Waals surface area contributed by atoms with Crippen LogP contribution in [0.1, 0.15) is 5.76 Å². The fraction of sp³-hybridized carbons (Fsp3) is 0.111. The average molecular weight is 428 g/mol. The number of hydrogen-bond acceptors (Lipinski definition) is 6. The number of nitrogens with zero attached hydrogens (tertiary/aromatic N) is 4. The fourth-order valence-corrected chi connectivity index (χ4v) is 2.82. The Hall–Kier alpha value is -3.20. The minimum atomic E-state index is -0.242. The standard InChI is InChI=1S/C18H14BrN5O3/c1-11-9-15(22-26-11)20-16(25)10-24-8-2-3-14(24)18-21-17(23-27-18)12-4-6-13(19)7-5-12/h2-9H,10H2,1H3,(H,20,22,25). The van der Waals surface area contributed by atoms with Gasteiger partial charge in [0.05, 0.1) is 0 Å². The van der Waals surface area contributed by atoms with E-state index >= 15 is 0 Å². The predicted octanol–water partition coefficient (Wildman–Crippen LogP) is 3.90. The number of rotatable bonds is 5. The monoisotopic (exact) mass is 427 g/mol. The van der Waals surface area contributed by atoms with Crippen LogP contribution in [0.15, 0.2) is 62.2 Å². The lowest BCUT2D eigenvalue weighted by Gasteiger charge is -2.05. The van der Waals surface area contributed by atoms with Gasteiger partial charge in [0.1, 0.15) is 18.0 Å². The van der Waals surface area contributed by atoms with Crippen molar-refractivity contribution in [3.05, 3.63) is 58.9 Å². The smallest absolute Gasteiger partial charge is 0.274 e. The molecule has 8 nitrogen and oxygen atoms in total. The Kier molecular flexibility index (Phi) is 4.59. The summed E-state index contributed by atoms with van der Waals surface area (Å²) in [5.41, 5.74) is 1.49. The van der Waals surface area contributed by atoms with E-state index in [1.807, 2.05) is 36.4 Å². The molecule has 0 aliphatic carbocycles. The molecular formula is C18H14BrN5O3. The zero-order chi connectivity index (χ0) is 18.8. The predicted molar refractivity (Wildman–Crippen MR) is 101 cm³/mol. The van der Waals surface area contributed by atoms with Crippen molar-refractivity contribution >= 4 is 27.7 Å². The number of aryl methyl sites for hydroxylation is 1. The summed E-state index contributed by atoms with van der Waals surface area (Å²) in [4.78, 5) is 16.7. The van der Waals surface area contributed by atoms with E-state index < -0.39 is 0 Å². The summed E-state index contributed by atoms with van der Waals surface area (Å²) in [5, 5.41) is 10.5. The van der Waals surface area contributed by atoms with E-state index in [1.54, 1.807) is 23.8 Å². The molecular weight excluding hydrogens is 414 g/mol. The van der Waals surface area contributed by atoms with Crippen molar-refractivity contribution in [1.29, 1.82) is 0 Å². The van der Waals surface area contributed by atoms with Gasteiger partial charge in [-0.2, -0.15) is 4.98 Å². The Bertz CT molecular complexity index is 1080. The van der Waals surface area contributed by atoms with Gasteiger partial charge >= 0.3 is 0 Å². The number of carbonyl (C=O) groups is 1. The molecule has 136 valence electrons. The molecule has 0 unspecified atom stereocenters. The van der Waals surface area contributed by atoms with Crippen molar-refractivity contribution in [2.24, 2.45) is 0 Å². The first kappa shape index (κ1) is 17.2. The maximum Gasteiger partial charge on any atom is 0.274 e. The Morgan fingerprint density at radius 3 is 2.74 bits per heavy atom. The van der Waals surface area contributed by atoms with Gasteiger partial charge in [-0.3, -0.25) is 4.79 Å². The highest BCUT2D eigenvalue weighted by Crippen LogP contribution is 2.24. The quantitative estimate of drug-likeness (QED) is 0.518. The molecule has 0 bridgehead atoms. The van der Waals surface area contributed by atoms with Gasteiger partial charge in [0.2, 0.25) is 11.7 Å². The van der Waals surface area contributed by atoms with Crippen molar-refractivity contribution in [2.75, 3.05) is 5.32 Å². The van der Waals surface area contributed by atoms with E-state index in [-0.39, 0.29) is 12.5 Å². The third kappa shape index (κ3) is 3.82. The molecule has 3 aromatic heterocycles. The van der Waals surface area contributed by atoms with Crippen LogP contribution in [-0.4, -0.2) is 25.8 Å². The van der Waals surface area contributed by atoms with Gasteiger partial charge in [-0.15, -0.1) is 0 Å². The zero-order valence-electron chi connectivity index (χ0n) is 14.2. The van der Waals surface area contributed by atoms with Crippen molar-refractivity contribution < 1.29 is 13.8 Å². The molecule has 0 radical (unpaired) electrons. The van der Waals surface area contributed by atoms with Gasteiger partial charge in [0, 0.05) is 22.3 Å². The van der Waals surface area contributed by atoms with Crippen LogP contribution in [0.5, 0.6) is 0 Å². The SMILES string of the molecule is Cc1cc(NC(=O)Cn2cccc2-c2nc(-c3ccc(Br)cc3)no2)no1. The summed E-state index contributed by atoms with van der Waals surface area (Å²) in [6.07, 6.45) is 1.77. The molecule has 1 aromatic carbocycles. The number of halogens is 1. The highest BCUT2D eigenvalue weighted by molar-refractivity contribution is 9.10. The van der Waals surface area contributed by atoms with E-state index in [1.165, 1.54) is 0 Å². The van der Waals surface area contributed by atoms with E-state index in [9.17, 15) is 4.79 Å². The summed E-state index contributed by atoms with van der Waals surface area (Å²) in [6.45, 7) is 1.83. The molecule has 27 heavy (non-hydrogen) atoms. The van der Waals surface area contributed by atoms with Gasteiger partial charge in [-0.05, 0) is 43.3 Å². The molecule has 0 saturated carbocycles. The first-order valence-corrected chi connectivity index (χ1v) is 8.86. The maximum absolute atomic E-state index is 12.2. The molecule has 0 saturated heterocycles. The van der Waals surface area contributed by atoms with Crippen LogP contribution in [0.4, 0.5) is 5.82 Å². The number of nitrogens with one attached hydrogen (secondary N) is 1. The lowest BCUT2D eigenvalue weighted by atomic mass is 10.2. The molecule has 1 N–H and O–H groups in total. The number of anilines is 1. The molecule has 4 aromatic rings. The third-order valence-electron chi connectivity index (χ3n) is 3.79. The number of amides is 1. The number of aromatic nitrogens is 4. The van der Waals surface area contributed by atoms with Crippen LogP contribution in [0, 0.1) is 6.92 Å². The van der Waals surface area contributed by atoms with Crippen LogP contribution >= 0.6 is 15.9 Å². The molecule has 3 heterocycles. The summed E-state index contributed by atoms with van der Waals surface area (Å²) < 4.78 is 13.0. The highest BCUT2D eigenvalue weighted by atomic mass is 79.9.